The summed E-state index contributed by atoms with van der Waals surface area (Å²) in [5.41, 5.74) is 2.05. The fourth-order valence-electron chi connectivity index (χ4n) is 2.67. The topological polar surface area (TPSA) is 84.9 Å². The number of nitrogens with one attached hydrogen (secondary N) is 1. The molecule has 1 aliphatic heterocycles. The molecular weight excluding hydrogens is 312 g/mol. The molecule has 1 aliphatic carbocycles. The molecule has 0 atom stereocenters. The summed E-state index contributed by atoms with van der Waals surface area (Å²) in [5.74, 6) is -1.38. The van der Waals surface area contributed by atoms with Crippen molar-refractivity contribution in [2.75, 3.05) is 19.5 Å². The fourth-order valence-corrected chi connectivity index (χ4v) is 2.67. The van der Waals surface area contributed by atoms with Crippen molar-refractivity contribution in [2.45, 2.75) is 25.4 Å². The van der Waals surface area contributed by atoms with Crippen LogP contribution in [0, 0.1) is 0 Å². The molecule has 1 amide bonds. The largest absolute Gasteiger partial charge is 0.466 e. The Morgan fingerprint density at radius 1 is 1.25 bits per heavy atom. The molecule has 0 unspecified atom stereocenters. The van der Waals surface area contributed by atoms with E-state index in [-0.39, 0.29) is 11.6 Å². The number of carbonyl (C=O) groups is 3. The smallest absolute Gasteiger partial charge is 0.354 e. The van der Waals surface area contributed by atoms with E-state index in [1.54, 1.807) is 12.1 Å². The van der Waals surface area contributed by atoms with E-state index in [1.807, 2.05) is 11.0 Å². The van der Waals surface area contributed by atoms with Gasteiger partial charge in [-0.15, -0.1) is 0 Å². The first kappa shape index (κ1) is 16.0. The molecule has 3 rings (SSSR count). The maximum absolute atomic E-state index is 12.4. The molecule has 2 aliphatic rings. The molecule has 7 nitrogen and oxygen atoms in total. The Morgan fingerprint density at radius 3 is 2.62 bits per heavy atom. The Kier molecular flexibility index (Phi) is 4.24. The Morgan fingerprint density at radius 2 is 2.00 bits per heavy atom. The number of methoxy groups -OCH3 is 2. The third kappa shape index (κ3) is 3.10. The average molecular weight is 330 g/mol. The highest BCUT2D eigenvalue weighted by molar-refractivity contribution is 6.01. The lowest BCUT2D eigenvalue weighted by Crippen LogP contribution is -2.25. The van der Waals surface area contributed by atoms with Crippen LogP contribution < -0.4 is 5.32 Å². The van der Waals surface area contributed by atoms with E-state index < -0.39 is 11.9 Å². The van der Waals surface area contributed by atoms with Crippen LogP contribution in [0.5, 0.6) is 0 Å². The first-order valence-corrected chi connectivity index (χ1v) is 7.62. The Labute approximate surface area is 139 Å². The normalized spacial score (nSPS) is 16.7. The number of hydrogen-bond donors (Lipinski definition) is 1. The second-order valence-electron chi connectivity index (χ2n) is 5.73. The zero-order valence-electron chi connectivity index (χ0n) is 13.5. The van der Waals surface area contributed by atoms with Gasteiger partial charge in [-0.05, 0) is 30.5 Å². The number of nitrogens with zero attached hydrogens (tertiary/aromatic N) is 1. The number of esters is 2. The molecule has 1 aromatic rings. The first-order valence-electron chi connectivity index (χ1n) is 7.62. The molecule has 0 spiro atoms. The predicted octanol–water partition coefficient (Wildman–Crippen LogP) is 1.45. The SMILES string of the molecule is COC(=O)/C=C(/Nc1ccc2c(c1)C(=O)N(C1CC1)C2)C(=O)OC. The molecule has 0 saturated heterocycles. The van der Waals surface area contributed by atoms with Gasteiger partial charge in [0.1, 0.15) is 5.70 Å². The van der Waals surface area contributed by atoms with Gasteiger partial charge in [0.25, 0.3) is 5.91 Å². The van der Waals surface area contributed by atoms with Crippen molar-refractivity contribution in [1.29, 1.82) is 0 Å². The van der Waals surface area contributed by atoms with E-state index in [0.29, 0.717) is 23.8 Å². The highest BCUT2D eigenvalue weighted by Gasteiger charge is 2.38. The summed E-state index contributed by atoms with van der Waals surface area (Å²) in [6.07, 6.45) is 3.12. The third-order valence-corrected chi connectivity index (χ3v) is 4.08. The summed E-state index contributed by atoms with van der Waals surface area (Å²) >= 11 is 0. The molecule has 1 fully saturated rings. The van der Waals surface area contributed by atoms with Crippen LogP contribution in [-0.2, 0) is 25.6 Å². The third-order valence-electron chi connectivity index (χ3n) is 4.08. The summed E-state index contributed by atoms with van der Waals surface area (Å²) in [6, 6.07) is 5.65. The molecule has 24 heavy (non-hydrogen) atoms. The molecular formula is C17H18N2O5. The molecule has 1 saturated carbocycles. The van der Waals surface area contributed by atoms with Crippen molar-refractivity contribution in [3.63, 3.8) is 0 Å². The van der Waals surface area contributed by atoms with Gasteiger partial charge in [0.15, 0.2) is 0 Å². The number of fused-ring (bicyclic) bond motifs is 1. The van der Waals surface area contributed by atoms with Gasteiger partial charge in [-0.2, -0.15) is 0 Å². The molecule has 1 heterocycles. The minimum absolute atomic E-state index is 0.00714. The standard InChI is InChI=1S/C17H18N2O5/c1-23-15(20)8-14(17(22)24-2)18-11-4-3-10-9-19(12-5-6-12)16(21)13(10)7-11/h3-4,7-8,12,18H,5-6,9H2,1-2H3/b14-8+. The van der Waals surface area contributed by atoms with Gasteiger partial charge in [0, 0.05) is 23.8 Å². The predicted molar refractivity (Wildman–Crippen MR) is 85.1 cm³/mol. The number of carbonyl (C=O) groups excluding carboxylic acids is 3. The monoisotopic (exact) mass is 330 g/mol. The Hall–Kier alpha value is -2.83. The number of anilines is 1. The quantitative estimate of drug-likeness (QED) is 0.650. The maximum Gasteiger partial charge on any atom is 0.354 e. The molecule has 0 radical (unpaired) electrons. The average Bonchev–Trinajstić information content (AvgIpc) is 3.38. The van der Waals surface area contributed by atoms with Crippen LogP contribution in [0.15, 0.2) is 30.0 Å². The van der Waals surface area contributed by atoms with Crippen molar-refractivity contribution in [3.8, 4) is 0 Å². The van der Waals surface area contributed by atoms with Crippen molar-refractivity contribution in [2.24, 2.45) is 0 Å². The molecule has 1 N–H and O–H groups in total. The van der Waals surface area contributed by atoms with Crippen LogP contribution in [0.4, 0.5) is 5.69 Å². The molecule has 126 valence electrons. The van der Waals surface area contributed by atoms with Crippen LogP contribution in [0.25, 0.3) is 0 Å². The minimum Gasteiger partial charge on any atom is -0.466 e. The summed E-state index contributed by atoms with van der Waals surface area (Å²) in [7, 11) is 2.43. The number of rotatable bonds is 5. The van der Waals surface area contributed by atoms with E-state index in [1.165, 1.54) is 14.2 Å². The highest BCUT2D eigenvalue weighted by atomic mass is 16.5. The first-order chi connectivity index (χ1) is 11.5. The minimum atomic E-state index is -0.702. The van der Waals surface area contributed by atoms with Crippen molar-refractivity contribution in [1.82, 2.24) is 4.90 Å². The number of benzene rings is 1. The maximum atomic E-state index is 12.4. The fraction of sp³-hybridized carbons (Fsp3) is 0.353. The lowest BCUT2D eigenvalue weighted by Gasteiger charge is -2.13. The molecule has 0 bridgehead atoms. The van der Waals surface area contributed by atoms with Crippen LogP contribution in [-0.4, -0.2) is 43.0 Å². The zero-order chi connectivity index (χ0) is 17.3. The molecule has 1 aromatic carbocycles. The van der Waals surface area contributed by atoms with Crippen LogP contribution in [0.1, 0.15) is 28.8 Å². The van der Waals surface area contributed by atoms with E-state index in [2.05, 4.69) is 14.8 Å². The number of amides is 1. The van der Waals surface area contributed by atoms with Gasteiger partial charge in [-0.1, -0.05) is 6.07 Å². The summed E-state index contributed by atoms with van der Waals surface area (Å²) in [4.78, 5) is 37.5. The Bertz CT molecular complexity index is 736. The lowest BCUT2D eigenvalue weighted by atomic mass is 10.1. The van der Waals surface area contributed by atoms with Gasteiger partial charge in [-0.3, -0.25) is 4.79 Å². The molecule has 7 heteroatoms. The van der Waals surface area contributed by atoms with E-state index >= 15 is 0 Å². The summed E-state index contributed by atoms with van der Waals surface area (Å²) in [5, 5.41) is 2.82. The van der Waals surface area contributed by atoms with Crippen molar-refractivity contribution < 1.29 is 23.9 Å². The number of ether oxygens (including phenoxy) is 2. The second kappa shape index (κ2) is 6.35. The lowest BCUT2D eigenvalue weighted by molar-refractivity contribution is -0.138. The van der Waals surface area contributed by atoms with Gasteiger partial charge >= 0.3 is 11.9 Å². The molecule has 0 aromatic heterocycles. The van der Waals surface area contributed by atoms with Gasteiger partial charge < -0.3 is 19.7 Å². The highest BCUT2D eigenvalue weighted by Crippen LogP contribution is 2.35. The van der Waals surface area contributed by atoms with Crippen molar-refractivity contribution in [3.05, 3.63) is 41.1 Å². The number of hydrogen-bond acceptors (Lipinski definition) is 6. The second-order valence-corrected chi connectivity index (χ2v) is 5.73. The van der Waals surface area contributed by atoms with E-state index in [4.69, 9.17) is 0 Å². The van der Waals surface area contributed by atoms with Crippen LogP contribution in [0.3, 0.4) is 0 Å². The van der Waals surface area contributed by atoms with Crippen molar-refractivity contribution >= 4 is 23.5 Å². The van der Waals surface area contributed by atoms with Gasteiger partial charge in [-0.25, -0.2) is 9.59 Å². The zero-order valence-corrected chi connectivity index (χ0v) is 13.5. The summed E-state index contributed by atoms with van der Waals surface area (Å²) in [6.45, 7) is 0.626. The van der Waals surface area contributed by atoms with Gasteiger partial charge in [0.05, 0.1) is 20.3 Å². The van der Waals surface area contributed by atoms with Crippen LogP contribution >= 0.6 is 0 Å². The van der Waals surface area contributed by atoms with E-state index in [9.17, 15) is 14.4 Å². The van der Waals surface area contributed by atoms with E-state index in [0.717, 1.165) is 24.5 Å². The summed E-state index contributed by atoms with van der Waals surface area (Å²) < 4.78 is 9.18. The van der Waals surface area contributed by atoms with Crippen LogP contribution in [0.2, 0.25) is 0 Å². The van der Waals surface area contributed by atoms with Gasteiger partial charge in [0.2, 0.25) is 0 Å². The Balaban J connectivity index is 1.83.